The molecule has 6 heteroatoms. The lowest BCUT2D eigenvalue weighted by atomic mass is 10.2. The van der Waals surface area contributed by atoms with Gasteiger partial charge in [0.05, 0.1) is 12.3 Å². The van der Waals surface area contributed by atoms with Crippen LogP contribution in [-0.4, -0.2) is 24.3 Å². The smallest absolute Gasteiger partial charge is 0.111 e. The standard InChI is InChI=1S/2C23H26P.2C2H4O2/c2*1-5-24(21-12-6-9-18(2)15-21,22-13-7-10-19(3)16-22)23-14-8-11-20(4)17-23;2*1-2(3)4/h2*6-17H,5H2,1-4H3;2*1H3,(H,3,4)/q2*+1;;/p-2. The van der Waals surface area contributed by atoms with Gasteiger partial charge in [-0.25, -0.2) is 0 Å². The summed E-state index contributed by atoms with van der Waals surface area (Å²) in [6.45, 7) is 19.8. The number of benzene rings is 6. The van der Waals surface area contributed by atoms with Gasteiger partial charge in [-0.05, 0) is 175 Å². The van der Waals surface area contributed by atoms with Crippen molar-refractivity contribution in [2.75, 3.05) is 12.3 Å². The minimum Gasteiger partial charge on any atom is -0.550 e. The summed E-state index contributed by atoms with van der Waals surface area (Å²) in [6, 6.07) is 54.7. The normalized spacial score (nSPS) is 10.8. The molecule has 56 heavy (non-hydrogen) atoms. The second-order valence-electron chi connectivity index (χ2n) is 14.3. The van der Waals surface area contributed by atoms with Crippen LogP contribution in [0.15, 0.2) is 146 Å². The van der Waals surface area contributed by atoms with E-state index < -0.39 is 26.5 Å². The Hall–Kier alpha value is -4.88. The van der Waals surface area contributed by atoms with Crippen molar-refractivity contribution in [2.45, 2.75) is 69.2 Å². The van der Waals surface area contributed by atoms with Gasteiger partial charge in [-0.2, -0.15) is 0 Å². The van der Waals surface area contributed by atoms with Crippen LogP contribution in [0.2, 0.25) is 0 Å². The summed E-state index contributed by atoms with van der Waals surface area (Å²) in [6.07, 6.45) is 2.28. The van der Waals surface area contributed by atoms with Crippen LogP contribution < -0.4 is 42.0 Å². The molecule has 6 aromatic carbocycles. The minimum absolute atomic E-state index is 0.972. The molecule has 4 nitrogen and oxygen atoms in total. The van der Waals surface area contributed by atoms with Crippen LogP contribution in [0.25, 0.3) is 0 Å². The molecule has 0 heterocycles. The van der Waals surface area contributed by atoms with Gasteiger partial charge >= 0.3 is 0 Å². The van der Waals surface area contributed by atoms with Crippen molar-refractivity contribution in [3.8, 4) is 0 Å². The summed E-state index contributed by atoms with van der Waals surface area (Å²) in [4.78, 5) is 17.8. The minimum atomic E-state index is -1.61. The first-order chi connectivity index (χ1) is 26.6. The van der Waals surface area contributed by atoms with Gasteiger partial charge in [-0.15, -0.1) is 0 Å². The van der Waals surface area contributed by atoms with Crippen LogP contribution >= 0.6 is 14.5 Å². The van der Waals surface area contributed by atoms with Gasteiger partial charge < -0.3 is 19.8 Å². The Kier molecular flexibility index (Phi) is 17.4. The zero-order chi connectivity index (χ0) is 41.5. The highest BCUT2D eigenvalue weighted by Gasteiger charge is 2.45. The molecule has 0 bridgehead atoms. The first-order valence-electron chi connectivity index (χ1n) is 19.1. The molecule has 0 aliphatic heterocycles. The molecule has 0 atom stereocenters. The number of carboxylic acids is 2. The largest absolute Gasteiger partial charge is 0.550 e. The van der Waals surface area contributed by atoms with E-state index in [1.807, 2.05) is 0 Å². The number of rotatable bonds is 8. The van der Waals surface area contributed by atoms with Gasteiger partial charge in [-0.1, -0.05) is 72.8 Å². The van der Waals surface area contributed by atoms with Crippen LogP contribution in [0.1, 0.15) is 61.1 Å². The van der Waals surface area contributed by atoms with Gasteiger partial charge in [-0.3, -0.25) is 0 Å². The fraction of sp³-hybridized carbons (Fsp3) is 0.240. The first-order valence-corrected chi connectivity index (χ1v) is 23.1. The average Bonchev–Trinajstić information content (AvgIpc) is 3.13. The zero-order valence-electron chi connectivity index (χ0n) is 34.8. The number of carboxylic acid groups (broad SMARTS) is 2. The lowest BCUT2D eigenvalue weighted by molar-refractivity contribution is -0.303. The Labute approximate surface area is 337 Å². The van der Waals surface area contributed by atoms with Crippen molar-refractivity contribution in [1.82, 2.24) is 0 Å². The lowest BCUT2D eigenvalue weighted by Crippen LogP contribution is -2.33. The van der Waals surface area contributed by atoms with Crippen LogP contribution in [0.5, 0.6) is 0 Å². The fourth-order valence-corrected chi connectivity index (χ4v) is 15.7. The van der Waals surface area contributed by atoms with Crippen LogP contribution in [0.3, 0.4) is 0 Å². The molecule has 0 saturated heterocycles. The van der Waals surface area contributed by atoms with E-state index >= 15 is 0 Å². The molecule has 0 saturated carbocycles. The summed E-state index contributed by atoms with van der Waals surface area (Å²) in [5, 5.41) is 26.7. The number of hydrogen-bond donors (Lipinski definition) is 0. The quantitative estimate of drug-likeness (QED) is 0.151. The maximum absolute atomic E-state index is 8.89. The molecule has 0 radical (unpaired) electrons. The molecular formula is C50H58O4P2. The van der Waals surface area contributed by atoms with Crippen molar-refractivity contribution in [3.05, 3.63) is 179 Å². The molecule has 292 valence electrons. The van der Waals surface area contributed by atoms with Crippen LogP contribution in [-0.2, 0) is 9.59 Å². The maximum Gasteiger partial charge on any atom is 0.111 e. The molecule has 0 N–H and O–H groups in total. The van der Waals surface area contributed by atoms with Gasteiger partial charge in [0, 0.05) is 11.9 Å². The van der Waals surface area contributed by atoms with E-state index in [0.29, 0.717) is 0 Å². The van der Waals surface area contributed by atoms with Gasteiger partial charge in [0.1, 0.15) is 46.4 Å². The number of aliphatic carboxylic acids is 2. The first kappa shape index (κ1) is 45.5. The predicted octanol–water partition coefficient (Wildman–Crippen LogP) is 7.36. The van der Waals surface area contributed by atoms with E-state index in [4.69, 9.17) is 19.8 Å². The Bertz CT molecular complexity index is 1820. The summed E-state index contributed by atoms with van der Waals surface area (Å²) in [5.74, 6) is -2.17. The molecule has 6 rings (SSSR count). The zero-order valence-corrected chi connectivity index (χ0v) is 36.6. The number of carbonyl (C=O) groups is 2. The summed E-state index contributed by atoms with van der Waals surface area (Å²) >= 11 is 0. The Morgan fingerprint density at radius 1 is 0.375 bits per heavy atom. The van der Waals surface area contributed by atoms with Crippen molar-refractivity contribution in [3.63, 3.8) is 0 Å². The Morgan fingerprint density at radius 3 is 0.625 bits per heavy atom. The molecule has 0 fully saturated rings. The van der Waals surface area contributed by atoms with E-state index in [0.717, 1.165) is 26.2 Å². The SMILES string of the molecule is CC(=O)[O-].CC(=O)[O-].CC[P+](c1cccc(C)c1)(c1cccc(C)c1)c1cccc(C)c1.CC[P+](c1cccc(C)c1)(c1cccc(C)c1)c1cccc(C)c1. The van der Waals surface area contributed by atoms with Crippen molar-refractivity contribution in [2.24, 2.45) is 0 Å². The molecule has 0 aliphatic carbocycles. The van der Waals surface area contributed by atoms with Crippen LogP contribution in [0, 0.1) is 41.5 Å². The second-order valence-corrected chi connectivity index (χ2v) is 21.9. The van der Waals surface area contributed by atoms with E-state index in [-0.39, 0.29) is 0 Å². The third-order valence-electron chi connectivity index (χ3n) is 9.60. The number of hydrogen-bond acceptors (Lipinski definition) is 4. The molecule has 0 spiro atoms. The Balaban J connectivity index is 0.000000252. The van der Waals surface area contributed by atoms with Gasteiger partial charge in [0.15, 0.2) is 0 Å². The van der Waals surface area contributed by atoms with E-state index in [2.05, 4.69) is 201 Å². The van der Waals surface area contributed by atoms with Gasteiger partial charge in [0.25, 0.3) is 0 Å². The topological polar surface area (TPSA) is 80.3 Å². The molecule has 0 amide bonds. The van der Waals surface area contributed by atoms with Gasteiger partial charge in [0.2, 0.25) is 0 Å². The summed E-state index contributed by atoms with van der Waals surface area (Å²) < 4.78 is 0. The molecule has 0 unspecified atom stereocenters. The van der Waals surface area contributed by atoms with Crippen molar-refractivity contribution < 1.29 is 19.8 Å². The van der Waals surface area contributed by atoms with Crippen LogP contribution in [0.4, 0.5) is 0 Å². The maximum atomic E-state index is 8.89. The highest BCUT2D eigenvalue weighted by Crippen LogP contribution is 2.56. The number of carbonyl (C=O) groups excluding carboxylic acids is 2. The molecule has 0 aromatic heterocycles. The number of aryl methyl sites for hydroxylation is 6. The summed E-state index contributed by atoms with van der Waals surface area (Å²) in [5.41, 5.74) is 8.03. The third kappa shape index (κ3) is 12.1. The highest BCUT2D eigenvalue weighted by molar-refractivity contribution is 7.96. The highest BCUT2D eigenvalue weighted by atomic mass is 31.2. The molecule has 0 aliphatic rings. The lowest BCUT2D eigenvalue weighted by Gasteiger charge is -2.27. The second kappa shape index (κ2) is 21.4. The van der Waals surface area contributed by atoms with E-state index in [9.17, 15) is 0 Å². The molecule has 6 aromatic rings. The predicted molar refractivity (Wildman–Crippen MR) is 241 cm³/mol. The average molecular weight is 785 g/mol. The monoisotopic (exact) mass is 784 g/mol. The summed E-state index contributed by atoms with van der Waals surface area (Å²) in [7, 11) is -3.23. The fourth-order valence-electron chi connectivity index (χ4n) is 7.18. The Morgan fingerprint density at radius 2 is 0.518 bits per heavy atom. The van der Waals surface area contributed by atoms with Crippen molar-refractivity contribution >= 4 is 58.3 Å². The van der Waals surface area contributed by atoms with E-state index in [1.54, 1.807) is 0 Å². The van der Waals surface area contributed by atoms with E-state index in [1.165, 1.54) is 65.2 Å². The van der Waals surface area contributed by atoms with Crippen molar-refractivity contribution in [1.29, 1.82) is 0 Å². The third-order valence-corrected chi connectivity index (χ3v) is 18.5. The molecular weight excluding hydrogens is 726 g/mol.